The van der Waals surface area contributed by atoms with E-state index in [9.17, 15) is 9.18 Å². The Morgan fingerprint density at radius 2 is 2.05 bits per heavy atom. The molecule has 0 aliphatic rings. The van der Waals surface area contributed by atoms with E-state index in [1.54, 1.807) is 24.3 Å². The molecular weight excluding hydrogens is 247 g/mol. The van der Waals surface area contributed by atoms with E-state index in [-0.39, 0.29) is 5.82 Å². The molecule has 0 bridgehead atoms. The summed E-state index contributed by atoms with van der Waals surface area (Å²) in [6, 6.07) is 10.7. The van der Waals surface area contributed by atoms with Crippen molar-refractivity contribution < 1.29 is 13.6 Å². The molecule has 0 fully saturated rings. The van der Waals surface area contributed by atoms with Gasteiger partial charge < -0.3 is 10.2 Å². The lowest BCUT2D eigenvalue weighted by atomic mass is 10.1. The van der Waals surface area contributed by atoms with Gasteiger partial charge in [-0.05, 0) is 30.3 Å². The van der Waals surface area contributed by atoms with Gasteiger partial charge in [0.2, 0.25) is 11.8 Å². The fourth-order valence-electron chi connectivity index (χ4n) is 1.83. The minimum atomic E-state index is -0.524. The molecule has 1 heterocycles. The minimum absolute atomic E-state index is 0.323. The van der Waals surface area contributed by atoms with Crippen LogP contribution in [0.5, 0.6) is 0 Å². The minimum Gasteiger partial charge on any atom is -0.436 e. The monoisotopic (exact) mass is 256 g/mol. The van der Waals surface area contributed by atoms with Crippen LogP contribution in [0.4, 0.5) is 4.39 Å². The Morgan fingerprint density at radius 1 is 1.21 bits per heavy atom. The molecule has 0 saturated heterocycles. The van der Waals surface area contributed by atoms with Gasteiger partial charge in [-0.2, -0.15) is 0 Å². The van der Waals surface area contributed by atoms with Crippen LogP contribution in [-0.2, 0) is 0 Å². The molecule has 3 aromatic rings. The van der Waals surface area contributed by atoms with E-state index in [0.717, 1.165) is 0 Å². The largest absolute Gasteiger partial charge is 0.436 e. The third-order valence-electron chi connectivity index (χ3n) is 2.74. The van der Waals surface area contributed by atoms with Crippen LogP contribution in [0.25, 0.3) is 22.6 Å². The van der Waals surface area contributed by atoms with E-state index < -0.39 is 5.91 Å². The van der Waals surface area contributed by atoms with Gasteiger partial charge in [0.05, 0.1) is 0 Å². The maximum atomic E-state index is 13.1. The van der Waals surface area contributed by atoms with Crippen molar-refractivity contribution in [1.29, 1.82) is 0 Å². The second-order valence-electron chi connectivity index (χ2n) is 4.08. The van der Waals surface area contributed by atoms with Gasteiger partial charge in [-0.15, -0.1) is 0 Å². The van der Waals surface area contributed by atoms with Crippen LogP contribution < -0.4 is 5.73 Å². The number of rotatable bonds is 2. The topological polar surface area (TPSA) is 69.1 Å². The first-order valence-electron chi connectivity index (χ1n) is 5.60. The molecular formula is C14H9FN2O2. The number of primary amides is 1. The van der Waals surface area contributed by atoms with Gasteiger partial charge in [-0.1, -0.05) is 6.07 Å². The first kappa shape index (κ1) is 11.4. The molecule has 0 atom stereocenters. The first-order valence-corrected chi connectivity index (χ1v) is 5.60. The van der Waals surface area contributed by atoms with Gasteiger partial charge in [0.1, 0.15) is 11.3 Å². The molecule has 0 aliphatic heterocycles. The zero-order valence-electron chi connectivity index (χ0n) is 9.76. The Bertz CT molecular complexity index is 780. The van der Waals surface area contributed by atoms with Crippen molar-refractivity contribution in [3.8, 4) is 11.5 Å². The molecule has 2 N–H and O–H groups in total. The van der Waals surface area contributed by atoms with E-state index in [1.165, 1.54) is 18.2 Å². The molecule has 0 aliphatic carbocycles. The number of fused-ring (bicyclic) bond motifs is 1. The number of aromatic nitrogens is 1. The Kier molecular flexibility index (Phi) is 2.52. The Balaban J connectivity index is 2.13. The Labute approximate surface area is 107 Å². The van der Waals surface area contributed by atoms with Crippen LogP contribution in [0, 0.1) is 5.82 Å². The second kappa shape index (κ2) is 4.20. The predicted molar refractivity (Wildman–Crippen MR) is 67.9 cm³/mol. The third-order valence-corrected chi connectivity index (χ3v) is 2.74. The summed E-state index contributed by atoms with van der Waals surface area (Å²) in [5.41, 5.74) is 7.12. The average molecular weight is 256 g/mol. The van der Waals surface area contributed by atoms with Gasteiger partial charge in [0.15, 0.2) is 5.58 Å². The smallest absolute Gasteiger partial charge is 0.248 e. The highest BCUT2D eigenvalue weighted by molar-refractivity contribution is 5.94. The molecule has 2 aromatic carbocycles. The number of oxazole rings is 1. The zero-order valence-corrected chi connectivity index (χ0v) is 9.76. The molecule has 1 amide bonds. The van der Waals surface area contributed by atoms with Gasteiger partial charge in [-0.3, -0.25) is 4.79 Å². The molecule has 0 spiro atoms. The highest BCUT2D eigenvalue weighted by Crippen LogP contribution is 2.25. The lowest BCUT2D eigenvalue weighted by Crippen LogP contribution is -2.10. The summed E-state index contributed by atoms with van der Waals surface area (Å²) in [4.78, 5) is 15.4. The number of nitrogens with zero attached hydrogens (tertiary/aromatic N) is 1. The Hall–Kier alpha value is -2.69. The highest BCUT2D eigenvalue weighted by atomic mass is 19.1. The molecule has 1 aromatic heterocycles. The van der Waals surface area contributed by atoms with Gasteiger partial charge in [-0.25, -0.2) is 9.37 Å². The quantitative estimate of drug-likeness (QED) is 0.766. The van der Waals surface area contributed by atoms with E-state index in [1.807, 2.05) is 0 Å². The van der Waals surface area contributed by atoms with E-state index >= 15 is 0 Å². The molecule has 5 heteroatoms. The lowest BCUT2D eigenvalue weighted by Gasteiger charge is -1.98. The zero-order chi connectivity index (χ0) is 13.4. The molecule has 0 saturated carbocycles. The number of hydrogen-bond donors (Lipinski definition) is 1. The summed E-state index contributed by atoms with van der Waals surface area (Å²) in [5.74, 6) is -0.589. The number of hydrogen-bond acceptors (Lipinski definition) is 3. The number of carbonyl (C=O) groups excluding carboxylic acids is 1. The van der Waals surface area contributed by atoms with Crippen LogP contribution in [0.15, 0.2) is 46.9 Å². The average Bonchev–Trinajstić information content (AvgIpc) is 2.81. The van der Waals surface area contributed by atoms with Crippen molar-refractivity contribution in [2.24, 2.45) is 5.73 Å². The van der Waals surface area contributed by atoms with Gasteiger partial charge in [0.25, 0.3) is 0 Å². The number of carbonyl (C=O) groups is 1. The van der Waals surface area contributed by atoms with Crippen LogP contribution in [-0.4, -0.2) is 10.9 Å². The van der Waals surface area contributed by atoms with E-state index in [0.29, 0.717) is 28.1 Å². The number of halogens is 1. The predicted octanol–water partition coefficient (Wildman–Crippen LogP) is 2.73. The molecule has 0 unspecified atom stereocenters. The van der Waals surface area contributed by atoms with Gasteiger partial charge >= 0.3 is 0 Å². The fourth-order valence-corrected chi connectivity index (χ4v) is 1.83. The van der Waals surface area contributed by atoms with Crippen molar-refractivity contribution in [2.45, 2.75) is 0 Å². The first-order chi connectivity index (χ1) is 9.13. The third kappa shape index (κ3) is 2.06. The fraction of sp³-hybridized carbons (Fsp3) is 0. The lowest BCUT2D eigenvalue weighted by molar-refractivity contribution is 0.100. The number of amides is 1. The van der Waals surface area contributed by atoms with Crippen LogP contribution in [0.1, 0.15) is 10.4 Å². The second-order valence-corrected chi connectivity index (χ2v) is 4.08. The number of benzene rings is 2. The van der Waals surface area contributed by atoms with Crippen molar-refractivity contribution in [3.05, 3.63) is 53.8 Å². The van der Waals surface area contributed by atoms with E-state index in [2.05, 4.69) is 4.98 Å². The van der Waals surface area contributed by atoms with Crippen LogP contribution in [0.2, 0.25) is 0 Å². The molecule has 3 rings (SSSR count). The molecule has 94 valence electrons. The van der Waals surface area contributed by atoms with Crippen LogP contribution >= 0.6 is 0 Å². The summed E-state index contributed by atoms with van der Waals surface area (Å²) in [7, 11) is 0. The highest BCUT2D eigenvalue weighted by Gasteiger charge is 2.10. The van der Waals surface area contributed by atoms with Crippen molar-refractivity contribution in [2.75, 3.05) is 0 Å². The SMILES string of the molecule is NC(=O)c1cccc(-c2nc3ccc(F)cc3o2)c1. The summed E-state index contributed by atoms with van der Waals surface area (Å²) in [5, 5.41) is 0. The maximum absolute atomic E-state index is 13.1. The van der Waals surface area contributed by atoms with Gasteiger partial charge in [0, 0.05) is 17.2 Å². The number of nitrogens with two attached hydrogens (primary N) is 1. The summed E-state index contributed by atoms with van der Waals surface area (Å²) >= 11 is 0. The van der Waals surface area contributed by atoms with Crippen molar-refractivity contribution in [3.63, 3.8) is 0 Å². The molecule has 0 radical (unpaired) electrons. The van der Waals surface area contributed by atoms with E-state index in [4.69, 9.17) is 10.2 Å². The normalized spacial score (nSPS) is 10.8. The molecule has 4 nitrogen and oxygen atoms in total. The standard InChI is InChI=1S/C14H9FN2O2/c15-10-4-5-11-12(7-10)19-14(17-11)9-3-1-2-8(6-9)13(16)18/h1-7H,(H2,16,18). The molecule has 19 heavy (non-hydrogen) atoms. The Morgan fingerprint density at radius 3 is 2.84 bits per heavy atom. The van der Waals surface area contributed by atoms with Crippen LogP contribution in [0.3, 0.4) is 0 Å². The summed E-state index contributed by atoms with van der Waals surface area (Å²) in [6.07, 6.45) is 0. The summed E-state index contributed by atoms with van der Waals surface area (Å²) < 4.78 is 18.5. The summed E-state index contributed by atoms with van der Waals surface area (Å²) in [6.45, 7) is 0. The van der Waals surface area contributed by atoms with Crippen molar-refractivity contribution in [1.82, 2.24) is 4.98 Å². The maximum Gasteiger partial charge on any atom is 0.248 e. The van der Waals surface area contributed by atoms with Crippen molar-refractivity contribution >= 4 is 17.0 Å².